The number of benzene rings is 2. The highest BCUT2D eigenvalue weighted by Crippen LogP contribution is 2.08. The Morgan fingerprint density at radius 3 is 2.35 bits per heavy atom. The van der Waals surface area contributed by atoms with Crippen LogP contribution in [0.4, 0.5) is 0 Å². The Labute approximate surface area is 133 Å². The molecule has 4 nitrogen and oxygen atoms in total. The van der Waals surface area contributed by atoms with Gasteiger partial charge in [0.1, 0.15) is 0 Å². The van der Waals surface area contributed by atoms with Crippen LogP contribution in [0, 0.1) is 11.8 Å². The molecule has 0 aliphatic heterocycles. The minimum Gasteiger partial charge on any atom is -0.282 e. The van der Waals surface area contributed by atoms with Crippen LogP contribution in [0.2, 0.25) is 0 Å². The molecular formula is C19H16N2O2. The largest absolute Gasteiger partial charge is 0.332 e. The maximum atomic E-state index is 12.8. The number of fused-ring (bicyclic) bond motifs is 1. The van der Waals surface area contributed by atoms with Gasteiger partial charge in [-0.3, -0.25) is 13.9 Å². The Morgan fingerprint density at radius 1 is 0.913 bits per heavy atom. The van der Waals surface area contributed by atoms with Gasteiger partial charge in [-0.1, -0.05) is 48.4 Å². The van der Waals surface area contributed by atoms with Gasteiger partial charge in [0, 0.05) is 0 Å². The molecule has 0 amide bonds. The topological polar surface area (TPSA) is 44.0 Å². The van der Waals surface area contributed by atoms with E-state index in [1.165, 1.54) is 4.57 Å². The molecule has 4 heteroatoms. The summed E-state index contributed by atoms with van der Waals surface area (Å²) >= 11 is 0. The summed E-state index contributed by atoms with van der Waals surface area (Å²) in [5.74, 6) is 5.70. The molecule has 0 atom stereocenters. The Morgan fingerprint density at radius 2 is 1.61 bits per heavy atom. The van der Waals surface area contributed by atoms with Gasteiger partial charge in [-0.15, -0.1) is 5.92 Å². The van der Waals surface area contributed by atoms with Crippen LogP contribution in [-0.4, -0.2) is 9.13 Å². The molecule has 0 saturated heterocycles. The normalized spacial score (nSPS) is 10.3. The standard InChI is InChI=1S/C19H16N2O2/c1-2-3-13-20-17-12-8-7-11-16(17)18(22)21(19(20)23)14-15-9-5-4-6-10-15/h4-12H,13-14H2,1H3. The first-order valence-corrected chi connectivity index (χ1v) is 7.38. The van der Waals surface area contributed by atoms with Crippen molar-refractivity contribution in [1.82, 2.24) is 9.13 Å². The Hall–Kier alpha value is -3.06. The lowest BCUT2D eigenvalue weighted by atomic mass is 10.2. The van der Waals surface area contributed by atoms with Crippen molar-refractivity contribution in [3.8, 4) is 11.8 Å². The average Bonchev–Trinajstić information content (AvgIpc) is 2.59. The molecule has 0 radical (unpaired) electrons. The number of hydrogen-bond donors (Lipinski definition) is 0. The van der Waals surface area contributed by atoms with Crippen LogP contribution in [0.5, 0.6) is 0 Å². The zero-order chi connectivity index (χ0) is 16.2. The molecule has 0 saturated carbocycles. The number of hydrogen-bond acceptors (Lipinski definition) is 2. The second-order valence-electron chi connectivity index (χ2n) is 5.19. The molecule has 0 aliphatic rings. The molecule has 1 heterocycles. The van der Waals surface area contributed by atoms with Crippen LogP contribution < -0.4 is 11.2 Å². The number of aromatic nitrogens is 2. The van der Waals surface area contributed by atoms with Gasteiger partial charge in [-0.2, -0.15) is 0 Å². The van der Waals surface area contributed by atoms with E-state index in [1.54, 1.807) is 29.7 Å². The first-order chi connectivity index (χ1) is 11.2. The molecule has 0 aliphatic carbocycles. The molecule has 114 valence electrons. The van der Waals surface area contributed by atoms with Gasteiger partial charge in [-0.05, 0) is 24.6 Å². The molecule has 3 aromatic rings. The summed E-state index contributed by atoms with van der Waals surface area (Å²) < 4.78 is 2.82. The summed E-state index contributed by atoms with van der Waals surface area (Å²) in [6.45, 7) is 2.25. The first-order valence-electron chi connectivity index (χ1n) is 7.38. The van der Waals surface area contributed by atoms with Gasteiger partial charge < -0.3 is 0 Å². The highest BCUT2D eigenvalue weighted by molar-refractivity contribution is 5.77. The Kier molecular flexibility index (Phi) is 4.11. The first kappa shape index (κ1) is 14.9. The molecule has 0 spiro atoms. The SMILES string of the molecule is CC#CCn1c(=O)n(Cc2ccccc2)c(=O)c2ccccc21. The van der Waals surface area contributed by atoms with Crippen LogP contribution in [0.25, 0.3) is 10.9 Å². The highest BCUT2D eigenvalue weighted by Gasteiger charge is 2.12. The minimum absolute atomic E-state index is 0.253. The maximum absolute atomic E-state index is 12.8. The summed E-state index contributed by atoms with van der Waals surface area (Å²) in [5, 5.41) is 0.529. The van der Waals surface area contributed by atoms with E-state index in [4.69, 9.17) is 0 Å². The fourth-order valence-electron chi connectivity index (χ4n) is 2.59. The predicted octanol–water partition coefficient (Wildman–Crippen LogP) is 2.23. The lowest BCUT2D eigenvalue weighted by Crippen LogP contribution is -2.40. The average molecular weight is 304 g/mol. The fraction of sp³-hybridized carbons (Fsp3) is 0.158. The second-order valence-corrected chi connectivity index (χ2v) is 5.19. The van der Waals surface area contributed by atoms with Crippen molar-refractivity contribution in [2.75, 3.05) is 0 Å². The quantitative estimate of drug-likeness (QED) is 0.697. The van der Waals surface area contributed by atoms with E-state index < -0.39 is 0 Å². The third-order valence-electron chi connectivity index (χ3n) is 3.73. The zero-order valence-corrected chi connectivity index (χ0v) is 12.8. The second kappa shape index (κ2) is 6.37. The summed E-state index contributed by atoms with van der Waals surface area (Å²) in [6.07, 6.45) is 0. The minimum atomic E-state index is -0.333. The van der Waals surface area contributed by atoms with Gasteiger partial charge in [0.15, 0.2) is 0 Å². The monoisotopic (exact) mass is 304 g/mol. The molecule has 1 aromatic heterocycles. The lowest BCUT2D eigenvalue weighted by Gasteiger charge is -2.12. The van der Waals surface area contributed by atoms with Crippen molar-refractivity contribution in [2.45, 2.75) is 20.0 Å². The van der Waals surface area contributed by atoms with Crippen LogP contribution in [0.3, 0.4) is 0 Å². The summed E-state index contributed by atoms with van der Waals surface area (Å²) in [7, 11) is 0. The van der Waals surface area contributed by atoms with E-state index in [-0.39, 0.29) is 24.3 Å². The van der Waals surface area contributed by atoms with Crippen LogP contribution in [-0.2, 0) is 13.1 Å². The number of rotatable bonds is 3. The van der Waals surface area contributed by atoms with Gasteiger partial charge in [-0.25, -0.2) is 4.79 Å². The predicted molar refractivity (Wildman–Crippen MR) is 91.5 cm³/mol. The third-order valence-corrected chi connectivity index (χ3v) is 3.73. The third kappa shape index (κ3) is 2.82. The van der Waals surface area contributed by atoms with Gasteiger partial charge >= 0.3 is 5.69 Å². The Bertz CT molecular complexity index is 1020. The Balaban J connectivity index is 2.27. The molecule has 0 fully saturated rings. The van der Waals surface area contributed by atoms with E-state index >= 15 is 0 Å². The molecule has 3 rings (SSSR count). The number of para-hydroxylation sites is 1. The van der Waals surface area contributed by atoms with E-state index in [0.717, 1.165) is 5.56 Å². The molecular weight excluding hydrogens is 288 g/mol. The highest BCUT2D eigenvalue weighted by atomic mass is 16.2. The van der Waals surface area contributed by atoms with E-state index in [9.17, 15) is 9.59 Å². The van der Waals surface area contributed by atoms with E-state index in [2.05, 4.69) is 11.8 Å². The van der Waals surface area contributed by atoms with Gasteiger partial charge in [0.2, 0.25) is 0 Å². The van der Waals surface area contributed by atoms with Crippen molar-refractivity contribution in [3.63, 3.8) is 0 Å². The van der Waals surface area contributed by atoms with Crippen molar-refractivity contribution in [3.05, 3.63) is 81.0 Å². The maximum Gasteiger partial charge on any atom is 0.332 e. The lowest BCUT2D eigenvalue weighted by molar-refractivity contribution is 0.645. The molecule has 0 unspecified atom stereocenters. The summed E-state index contributed by atoms with van der Waals surface area (Å²) in [5.41, 5.74) is 0.931. The molecule has 23 heavy (non-hydrogen) atoms. The van der Waals surface area contributed by atoms with Gasteiger partial charge in [0.25, 0.3) is 5.56 Å². The van der Waals surface area contributed by atoms with E-state index in [1.807, 2.05) is 36.4 Å². The van der Waals surface area contributed by atoms with Crippen LogP contribution in [0.1, 0.15) is 12.5 Å². The summed E-state index contributed by atoms with van der Waals surface area (Å²) in [6, 6.07) is 16.6. The van der Waals surface area contributed by atoms with Crippen LogP contribution in [0.15, 0.2) is 64.2 Å². The molecule has 0 bridgehead atoms. The van der Waals surface area contributed by atoms with Gasteiger partial charge in [0.05, 0.1) is 24.0 Å². The fourth-order valence-corrected chi connectivity index (χ4v) is 2.59. The number of nitrogens with zero attached hydrogens (tertiary/aromatic N) is 2. The van der Waals surface area contributed by atoms with Crippen molar-refractivity contribution in [2.24, 2.45) is 0 Å². The van der Waals surface area contributed by atoms with Crippen molar-refractivity contribution >= 4 is 10.9 Å². The van der Waals surface area contributed by atoms with Crippen molar-refractivity contribution < 1.29 is 0 Å². The zero-order valence-electron chi connectivity index (χ0n) is 12.8. The van der Waals surface area contributed by atoms with Crippen LogP contribution >= 0.6 is 0 Å². The molecule has 2 aromatic carbocycles. The van der Waals surface area contributed by atoms with Crippen molar-refractivity contribution in [1.29, 1.82) is 0 Å². The molecule has 0 N–H and O–H groups in total. The smallest absolute Gasteiger partial charge is 0.282 e. The summed E-state index contributed by atoms with van der Waals surface area (Å²) in [4.78, 5) is 25.5. The van der Waals surface area contributed by atoms with E-state index in [0.29, 0.717) is 10.9 Å².